The summed E-state index contributed by atoms with van der Waals surface area (Å²) in [6.07, 6.45) is 4.26. The van der Waals surface area contributed by atoms with E-state index in [0.29, 0.717) is 0 Å². The van der Waals surface area contributed by atoms with Crippen LogP contribution in [0, 0.1) is 6.92 Å². The summed E-state index contributed by atoms with van der Waals surface area (Å²) in [6.45, 7) is 4.11. The lowest BCUT2D eigenvalue weighted by Crippen LogP contribution is -2.31. The molecule has 0 saturated carbocycles. The zero-order valence-electron chi connectivity index (χ0n) is 11.4. The van der Waals surface area contributed by atoms with Gasteiger partial charge in [-0.3, -0.25) is 4.98 Å². The zero-order valence-corrected chi connectivity index (χ0v) is 11.4. The quantitative estimate of drug-likeness (QED) is 0.893. The van der Waals surface area contributed by atoms with Gasteiger partial charge in [0, 0.05) is 24.0 Å². The Hall–Kier alpha value is -1.87. The van der Waals surface area contributed by atoms with Crippen LogP contribution in [0.15, 0.2) is 48.8 Å². The van der Waals surface area contributed by atoms with Crippen LogP contribution < -0.4 is 10.5 Å². The summed E-state index contributed by atoms with van der Waals surface area (Å²) in [7, 11) is 0. The van der Waals surface area contributed by atoms with Crippen molar-refractivity contribution in [1.29, 1.82) is 0 Å². The van der Waals surface area contributed by atoms with Crippen molar-refractivity contribution >= 4 is 0 Å². The molecule has 19 heavy (non-hydrogen) atoms. The number of aryl methyl sites for hydroxylation is 1. The Morgan fingerprint density at radius 2 is 2.11 bits per heavy atom. The van der Waals surface area contributed by atoms with E-state index in [2.05, 4.69) is 11.9 Å². The fourth-order valence-corrected chi connectivity index (χ4v) is 2.00. The van der Waals surface area contributed by atoms with E-state index in [9.17, 15) is 0 Å². The molecular weight excluding hydrogens is 236 g/mol. The van der Waals surface area contributed by atoms with Crippen molar-refractivity contribution in [3.05, 3.63) is 59.9 Å². The van der Waals surface area contributed by atoms with Gasteiger partial charge in [-0.1, -0.05) is 25.1 Å². The average Bonchev–Trinajstić information content (AvgIpc) is 2.45. The highest BCUT2D eigenvalue weighted by Crippen LogP contribution is 2.25. The Morgan fingerprint density at radius 3 is 2.74 bits per heavy atom. The molecule has 2 N–H and O–H groups in total. The van der Waals surface area contributed by atoms with Gasteiger partial charge in [0.15, 0.2) is 0 Å². The summed E-state index contributed by atoms with van der Waals surface area (Å²) in [5, 5.41) is 0. The molecule has 2 rings (SSSR count). The molecule has 0 bridgehead atoms. The van der Waals surface area contributed by atoms with Crippen molar-refractivity contribution in [2.75, 3.05) is 0 Å². The first-order chi connectivity index (χ1) is 9.20. The third-order valence-electron chi connectivity index (χ3n) is 3.13. The Kier molecular flexibility index (Phi) is 4.53. The molecule has 0 aliphatic rings. The summed E-state index contributed by atoms with van der Waals surface area (Å²) >= 11 is 0. The van der Waals surface area contributed by atoms with Crippen molar-refractivity contribution in [3.63, 3.8) is 0 Å². The zero-order chi connectivity index (χ0) is 13.7. The third kappa shape index (κ3) is 3.55. The standard InChI is InChI=1S/C16H20N2O/c1-3-15(17)16(13-7-5-9-18-11-13)19-14-8-4-6-12(2)10-14/h4-11,15-16H,3,17H2,1-2H3. The van der Waals surface area contributed by atoms with Gasteiger partial charge >= 0.3 is 0 Å². The summed E-state index contributed by atoms with van der Waals surface area (Å²) in [5.41, 5.74) is 8.37. The van der Waals surface area contributed by atoms with E-state index in [1.54, 1.807) is 6.20 Å². The van der Waals surface area contributed by atoms with Crippen molar-refractivity contribution in [2.24, 2.45) is 5.73 Å². The second-order valence-electron chi connectivity index (χ2n) is 4.71. The first-order valence-electron chi connectivity index (χ1n) is 6.59. The molecule has 0 aliphatic heterocycles. The van der Waals surface area contributed by atoms with Crippen LogP contribution >= 0.6 is 0 Å². The molecule has 100 valence electrons. The van der Waals surface area contributed by atoms with Crippen LogP contribution in [0.2, 0.25) is 0 Å². The minimum Gasteiger partial charge on any atom is -0.484 e. The fourth-order valence-electron chi connectivity index (χ4n) is 2.00. The van der Waals surface area contributed by atoms with Crippen molar-refractivity contribution in [2.45, 2.75) is 32.4 Å². The average molecular weight is 256 g/mol. The highest BCUT2D eigenvalue weighted by molar-refractivity contribution is 5.29. The van der Waals surface area contributed by atoms with Gasteiger partial charge in [0.2, 0.25) is 0 Å². The number of ether oxygens (including phenoxy) is 1. The normalized spacial score (nSPS) is 13.8. The summed E-state index contributed by atoms with van der Waals surface area (Å²) < 4.78 is 6.07. The highest BCUT2D eigenvalue weighted by Gasteiger charge is 2.20. The summed E-state index contributed by atoms with van der Waals surface area (Å²) in [5.74, 6) is 0.845. The van der Waals surface area contributed by atoms with Crippen LogP contribution in [0.3, 0.4) is 0 Å². The largest absolute Gasteiger partial charge is 0.484 e. The number of rotatable bonds is 5. The minimum atomic E-state index is -0.166. The number of nitrogens with two attached hydrogens (primary N) is 1. The van der Waals surface area contributed by atoms with Gasteiger partial charge < -0.3 is 10.5 Å². The van der Waals surface area contributed by atoms with E-state index >= 15 is 0 Å². The van der Waals surface area contributed by atoms with E-state index in [1.165, 1.54) is 5.56 Å². The smallest absolute Gasteiger partial charge is 0.140 e. The van der Waals surface area contributed by atoms with Gasteiger partial charge in [-0.2, -0.15) is 0 Å². The molecule has 0 amide bonds. The maximum Gasteiger partial charge on any atom is 0.140 e. The van der Waals surface area contributed by atoms with E-state index in [4.69, 9.17) is 10.5 Å². The molecule has 2 unspecified atom stereocenters. The topological polar surface area (TPSA) is 48.1 Å². The van der Waals surface area contributed by atoms with Gasteiger partial charge in [0.25, 0.3) is 0 Å². The molecule has 0 fully saturated rings. The van der Waals surface area contributed by atoms with Crippen LogP contribution in [-0.4, -0.2) is 11.0 Å². The SMILES string of the molecule is CCC(N)C(Oc1cccc(C)c1)c1cccnc1. The maximum atomic E-state index is 6.18. The molecule has 3 heteroatoms. The van der Waals surface area contributed by atoms with Gasteiger partial charge in [-0.05, 0) is 37.1 Å². The second kappa shape index (κ2) is 6.34. The van der Waals surface area contributed by atoms with Gasteiger partial charge in [0.1, 0.15) is 11.9 Å². The second-order valence-corrected chi connectivity index (χ2v) is 4.71. The minimum absolute atomic E-state index is 0.0512. The van der Waals surface area contributed by atoms with E-state index in [-0.39, 0.29) is 12.1 Å². The van der Waals surface area contributed by atoms with E-state index < -0.39 is 0 Å². The number of hydrogen-bond acceptors (Lipinski definition) is 3. The molecule has 0 saturated heterocycles. The number of nitrogens with zero attached hydrogens (tertiary/aromatic N) is 1. The number of aromatic nitrogens is 1. The summed E-state index contributed by atoms with van der Waals surface area (Å²) in [4.78, 5) is 4.15. The number of benzene rings is 1. The van der Waals surface area contributed by atoms with Crippen molar-refractivity contribution < 1.29 is 4.74 Å². The number of pyridine rings is 1. The van der Waals surface area contributed by atoms with Gasteiger partial charge in [-0.15, -0.1) is 0 Å². The molecule has 0 radical (unpaired) electrons. The Bertz CT molecular complexity index is 513. The van der Waals surface area contributed by atoms with Crippen LogP contribution in [-0.2, 0) is 0 Å². The molecule has 1 aromatic carbocycles. The first-order valence-corrected chi connectivity index (χ1v) is 6.59. The molecule has 0 aliphatic carbocycles. The molecule has 2 aromatic rings. The van der Waals surface area contributed by atoms with Crippen molar-refractivity contribution in [1.82, 2.24) is 4.98 Å². The fraction of sp³-hybridized carbons (Fsp3) is 0.312. The third-order valence-corrected chi connectivity index (χ3v) is 3.13. The van der Waals surface area contributed by atoms with E-state index in [1.807, 2.05) is 49.5 Å². The molecule has 3 nitrogen and oxygen atoms in total. The molecule has 1 aromatic heterocycles. The monoisotopic (exact) mass is 256 g/mol. The molecule has 0 spiro atoms. The van der Waals surface area contributed by atoms with Crippen molar-refractivity contribution in [3.8, 4) is 5.75 Å². The van der Waals surface area contributed by atoms with Gasteiger partial charge in [0.05, 0.1) is 0 Å². The van der Waals surface area contributed by atoms with E-state index in [0.717, 1.165) is 17.7 Å². The Balaban J connectivity index is 2.24. The molecule has 1 heterocycles. The van der Waals surface area contributed by atoms with Crippen LogP contribution in [0.5, 0.6) is 5.75 Å². The predicted molar refractivity (Wildman–Crippen MR) is 77.1 cm³/mol. The lowest BCUT2D eigenvalue weighted by Gasteiger charge is -2.24. The molecular formula is C16H20N2O. The van der Waals surface area contributed by atoms with Crippen LogP contribution in [0.4, 0.5) is 0 Å². The van der Waals surface area contributed by atoms with Crippen LogP contribution in [0.1, 0.15) is 30.6 Å². The maximum absolute atomic E-state index is 6.18. The Labute approximate surface area is 114 Å². The van der Waals surface area contributed by atoms with Gasteiger partial charge in [-0.25, -0.2) is 0 Å². The predicted octanol–water partition coefficient (Wildman–Crippen LogP) is 3.25. The highest BCUT2D eigenvalue weighted by atomic mass is 16.5. The Morgan fingerprint density at radius 1 is 1.26 bits per heavy atom. The number of hydrogen-bond donors (Lipinski definition) is 1. The lowest BCUT2D eigenvalue weighted by atomic mass is 10.0. The lowest BCUT2D eigenvalue weighted by molar-refractivity contribution is 0.170. The molecule has 2 atom stereocenters. The summed E-state index contributed by atoms with van der Waals surface area (Å²) in [6, 6.07) is 11.9. The first kappa shape index (κ1) is 13.6. The van der Waals surface area contributed by atoms with Crippen LogP contribution in [0.25, 0.3) is 0 Å².